The Bertz CT molecular complexity index is 1070. The van der Waals surface area contributed by atoms with Crippen molar-refractivity contribution in [1.29, 1.82) is 0 Å². The molecule has 0 atom stereocenters. The van der Waals surface area contributed by atoms with Gasteiger partial charge in [-0.25, -0.2) is 4.79 Å². The van der Waals surface area contributed by atoms with Crippen LogP contribution in [-0.2, 0) is 11.3 Å². The SMILES string of the molecule is Cc1ccc([N+](=O)[O-])cc1NC(=O)CCn1c(=O)oc2cc(Cl)ccc21. The molecule has 0 spiro atoms. The molecule has 9 heteroatoms. The van der Waals surface area contributed by atoms with Crippen LogP contribution < -0.4 is 11.1 Å². The third-order valence-corrected chi connectivity index (χ3v) is 4.13. The van der Waals surface area contributed by atoms with Crippen LogP contribution in [0.1, 0.15) is 12.0 Å². The minimum atomic E-state index is -0.582. The molecule has 3 rings (SSSR count). The topological polar surface area (TPSA) is 107 Å². The summed E-state index contributed by atoms with van der Waals surface area (Å²) in [5.74, 6) is -0.953. The number of fused-ring (bicyclic) bond motifs is 1. The number of aromatic nitrogens is 1. The van der Waals surface area contributed by atoms with Gasteiger partial charge in [-0.2, -0.15) is 0 Å². The van der Waals surface area contributed by atoms with E-state index in [4.69, 9.17) is 16.0 Å². The summed E-state index contributed by atoms with van der Waals surface area (Å²) in [6.45, 7) is 1.84. The van der Waals surface area contributed by atoms with Gasteiger partial charge in [0.25, 0.3) is 5.69 Å². The maximum absolute atomic E-state index is 12.2. The van der Waals surface area contributed by atoms with E-state index in [1.807, 2.05) is 0 Å². The molecule has 2 aromatic carbocycles. The number of aryl methyl sites for hydroxylation is 2. The van der Waals surface area contributed by atoms with Gasteiger partial charge in [0.05, 0.1) is 16.1 Å². The highest BCUT2D eigenvalue weighted by molar-refractivity contribution is 6.31. The number of anilines is 1. The summed E-state index contributed by atoms with van der Waals surface area (Å²) in [6.07, 6.45) is -0.000696. The molecule has 26 heavy (non-hydrogen) atoms. The summed E-state index contributed by atoms with van der Waals surface area (Å²) in [7, 11) is 0. The van der Waals surface area contributed by atoms with Gasteiger partial charge < -0.3 is 9.73 Å². The summed E-state index contributed by atoms with van der Waals surface area (Å²) in [4.78, 5) is 34.5. The monoisotopic (exact) mass is 375 g/mol. The van der Waals surface area contributed by atoms with Gasteiger partial charge in [-0.3, -0.25) is 19.5 Å². The first-order chi connectivity index (χ1) is 12.3. The van der Waals surface area contributed by atoms with Crippen LogP contribution >= 0.6 is 11.6 Å². The molecule has 134 valence electrons. The number of oxazole rings is 1. The number of nitrogens with zero attached hydrogens (tertiary/aromatic N) is 2. The Morgan fingerprint density at radius 1 is 1.31 bits per heavy atom. The van der Waals surface area contributed by atoms with Crippen LogP contribution in [0.25, 0.3) is 11.1 Å². The van der Waals surface area contributed by atoms with E-state index in [2.05, 4.69) is 5.32 Å². The second-order valence-corrected chi connectivity index (χ2v) is 6.12. The highest BCUT2D eigenvalue weighted by atomic mass is 35.5. The van der Waals surface area contributed by atoms with Crippen molar-refractivity contribution >= 4 is 40.0 Å². The van der Waals surface area contributed by atoms with Crippen molar-refractivity contribution in [3.05, 3.63) is 67.6 Å². The molecule has 1 heterocycles. The third kappa shape index (κ3) is 3.60. The predicted molar refractivity (Wildman–Crippen MR) is 96.6 cm³/mol. The molecular formula is C17H14ClN3O5. The number of hydrogen-bond acceptors (Lipinski definition) is 5. The van der Waals surface area contributed by atoms with Crippen molar-refractivity contribution in [1.82, 2.24) is 4.57 Å². The number of amides is 1. The largest absolute Gasteiger partial charge is 0.419 e. The van der Waals surface area contributed by atoms with Crippen LogP contribution in [0.2, 0.25) is 5.02 Å². The number of nitrogens with one attached hydrogen (secondary N) is 1. The normalized spacial score (nSPS) is 10.8. The molecule has 0 unspecified atom stereocenters. The van der Waals surface area contributed by atoms with Crippen LogP contribution in [0.15, 0.2) is 45.6 Å². The van der Waals surface area contributed by atoms with Crippen LogP contribution in [-0.4, -0.2) is 15.4 Å². The summed E-state index contributed by atoms with van der Waals surface area (Å²) in [5.41, 5.74) is 1.83. The molecule has 0 saturated heterocycles. The summed E-state index contributed by atoms with van der Waals surface area (Å²) in [6, 6.07) is 9.03. The summed E-state index contributed by atoms with van der Waals surface area (Å²) >= 11 is 5.86. The first-order valence-corrected chi connectivity index (χ1v) is 8.07. The minimum absolute atomic E-state index is 0.000696. The quantitative estimate of drug-likeness (QED) is 0.542. The van der Waals surface area contributed by atoms with Gasteiger partial charge in [0, 0.05) is 36.2 Å². The predicted octanol–water partition coefficient (Wildman–Crippen LogP) is 3.49. The Kier molecular flexibility index (Phi) is 4.77. The second kappa shape index (κ2) is 7.01. The molecule has 1 amide bonds. The molecule has 0 aliphatic rings. The maximum Gasteiger partial charge on any atom is 0.419 e. The number of hydrogen-bond donors (Lipinski definition) is 1. The minimum Gasteiger partial charge on any atom is -0.408 e. The Morgan fingerprint density at radius 3 is 2.81 bits per heavy atom. The van der Waals surface area contributed by atoms with E-state index >= 15 is 0 Å². The lowest BCUT2D eigenvalue weighted by molar-refractivity contribution is -0.384. The first kappa shape index (κ1) is 17.7. The van der Waals surface area contributed by atoms with Crippen molar-refractivity contribution in [2.24, 2.45) is 0 Å². The number of nitro groups is 1. The third-order valence-electron chi connectivity index (χ3n) is 3.90. The van der Waals surface area contributed by atoms with Gasteiger partial charge in [-0.05, 0) is 24.6 Å². The summed E-state index contributed by atoms with van der Waals surface area (Å²) < 4.78 is 6.45. The molecule has 0 radical (unpaired) electrons. The second-order valence-electron chi connectivity index (χ2n) is 5.69. The lowest BCUT2D eigenvalue weighted by Gasteiger charge is -2.08. The Balaban J connectivity index is 1.74. The van der Waals surface area contributed by atoms with Gasteiger partial charge >= 0.3 is 5.76 Å². The van der Waals surface area contributed by atoms with E-state index in [1.54, 1.807) is 25.1 Å². The van der Waals surface area contributed by atoms with Crippen molar-refractivity contribution in [2.75, 3.05) is 5.32 Å². The zero-order chi connectivity index (χ0) is 18.8. The van der Waals surface area contributed by atoms with Crippen molar-refractivity contribution in [3.8, 4) is 0 Å². The van der Waals surface area contributed by atoms with E-state index < -0.39 is 10.7 Å². The highest BCUT2D eigenvalue weighted by Gasteiger charge is 2.14. The number of rotatable bonds is 5. The van der Waals surface area contributed by atoms with Crippen molar-refractivity contribution in [3.63, 3.8) is 0 Å². The standard InChI is InChI=1S/C17H14ClN3O5/c1-10-2-4-12(21(24)25)9-13(10)19-16(22)6-7-20-14-5-3-11(18)8-15(14)26-17(20)23/h2-5,8-9H,6-7H2,1H3,(H,19,22). The van der Waals surface area contributed by atoms with Crippen LogP contribution in [0, 0.1) is 17.0 Å². The molecule has 0 bridgehead atoms. The van der Waals surface area contributed by atoms with Crippen LogP contribution in [0.4, 0.5) is 11.4 Å². The van der Waals surface area contributed by atoms with Gasteiger partial charge in [0.1, 0.15) is 0 Å². The van der Waals surface area contributed by atoms with Crippen LogP contribution in [0.5, 0.6) is 0 Å². The molecule has 0 saturated carbocycles. The molecular weight excluding hydrogens is 362 g/mol. The zero-order valence-corrected chi connectivity index (χ0v) is 14.4. The lowest BCUT2D eigenvalue weighted by Crippen LogP contribution is -2.20. The number of nitro benzene ring substituents is 1. The van der Waals surface area contributed by atoms with Crippen molar-refractivity contribution in [2.45, 2.75) is 19.9 Å². The fourth-order valence-corrected chi connectivity index (χ4v) is 2.70. The maximum atomic E-state index is 12.2. The van der Waals surface area contributed by atoms with E-state index in [1.165, 1.54) is 22.8 Å². The number of benzene rings is 2. The van der Waals surface area contributed by atoms with E-state index in [0.29, 0.717) is 27.4 Å². The number of carbonyl (C=O) groups excluding carboxylic acids is 1. The smallest absolute Gasteiger partial charge is 0.408 e. The lowest BCUT2D eigenvalue weighted by atomic mass is 10.1. The Labute approximate surface area is 152 Å². The number of non-ortho nitro benzene ring substituents is 1. The summed E-state index contributed by atoms with van der Waals surface area (Å²) in [5, 5.41) is 13.9. The Morgan fingerprint density at radius 2 is 2.08 bits per heavy atom. The Hall–Kier alpha value is -3.13. The molecule has 0 aliphatic heterocycles. The van der Waals surface area contributed by atoms with E-state index in [9.17, 15) is 19.7 Å². The van der Waals surface area contributed by atoms with E-state index in [-0.39, 0.29) is 24.6 Å². The van der Waals surface area contributed by atoms with E-state index in [0.717, 1.165) is 0 Å². The fraction of sp³-hybridized carbons (Fsp3) is 0.176. The molecule has 1 N–H and O–H groups in total. The zero-order valence-electron chi connectivity index (χ0n) is 13.7. The average Bonchev–Trinajstić information content (AvgIpc) is 2.89. The van der Waals surface area contributed by atoms with Crippen molar-refractivity contribution < 1.29 is 14.1 Å². The molecule has 8 nitrogen and oxygen atoms in total. The number of halogens is 1. The van der Waals surface area contributed by atoms with Gasteiger partial charge in [0.15, 0.2) is 5.58 Å². The highest BCUT2D eigenvalue weighted by Crippen LogP contribution is 2.22. The fourth-order valence-electron chi connectivity index (χ4n) is 2.54. The molecule has 3 aromatic rings. The first-order valence-electron chi connectivity index (χ1n) is 7.69. The van der Waals surface area contributed by atoms with Gasteiger partial charge in [-0.1, -0.05) is 17.7 Å². The van der Waals surface area contributed by atoms with Gasteiger partial charge in [0.2, 0.25) is 5.91 Å². The average molecular weight is 376 g/mol. The van der Waals surface area contributed by atoms with Gasteiger partial charge in [-0.15, -0.1) is 0 Å². The van der Waals surface area contributed by atoms with Crippen LogP contribution in [0.3, 0.4) is 0 Å². The molecule has 1 aromatic heterocycles. The number of carbonyl (C=O) groups is 1. The molecule has 0 fully saturated rings. The molecule has 0 aliphatic carbocycles.